The number of imidazole rings is 1. The van der Waals surface area contributed by atoms with E-state index in [4.69, 9.17) is 4.74 Å². The first-order valence-electron chi connectivity index (χ1n) is 9.54. The largest absolute Gasteiger partial charge is 0.495 e. The maximum atomic E-state index is 12.9. The summed E-state index contributed by atoms with van der Waals surface area (Å²) in [5, 5.41) is 5.41. The number of aryl methyl sites for hydroxylation is 1. The number of ether oxygens (including phenoxy) is 1. The Kier molecular flexibility index (Phi) is 5.04. The first kappa shape index (κ1) is 18.7. The number of carbonyl (C=O) groups excluding carboxylic acids is 1. The summed E-state index contributed by atoms with van der Waals surface area (Å²) in [6, 6.07) is 19.7. The van der Waals surface area contributed by atoms with E-state index in [1.807, 2.05) is 48.9 Å². The minimum Gasteiger partial charge on any atom is -0.495 e. The lowest BCUT2D eigenvalue weighted by atomic mass is 9.99. The Morgan fingerprint density at radius 3 is 2.66 bits per heavy atom. The number of carbonyl (C=O) groups is 1. The second kappa shape index (κ2) is 7.80. The van der Waals surface area contributed by atoms with Crippen molar-refractivity contribution in [2.24, 2.45) is 0 Å². The SMILES string of the molecule is COc1cc(C(=O)N[C@@H](C)c2cccc3ccccc23)ccc1-n1cnc(C)c1. The Labute approximate surface area is 170 Å². The van der Waals surface area contributed by atoms with Crippen molar-refractivity contribution in [3.05, 3.63) is 90.0 Å². The van der Waals surface area contributed by atoms with E-state index in [0.29, 0.717) is 11.3 Å². The zero-order valence-electron chi connectivity index (χ0n) is 16.7. The molecule has 0 bridgehead atoms. The molecular weight excluding hydrogens is 362 g/mol. The molecule has 146 valence electrons. The Balaban J connectivity index is 1.59. The molecule has 0 radical (unpaired) electrons. The van der Waals surface area contributed by atoms with Crippen LogP contribution in [0.2, 0.25) is 0 Å². The van der Waals surface area contributed by atoms with Crippen LogP contribution in [-0.2, 0) is 0 Å². The predicted molar refractivity (Wildman–Crippen MR) is 115 cm³/mol. The third kappa shape index (κ3) is 3.72. The van der Waals surface area contributed by atoms with Crippen LogP contribution < -0.4 is 10.1 Å². The smallest absolute Gasteiger partial charge is 0.251 e. The van der Waals surface area contributed by atoms with Gasteiger partial charge in [0, 0.05) is 11.8 Å². The van der Waals surface area contributed by atoms with Crippen molar-refractivity contribution in [3.8, 4) is 11.4 Å². The van der Waals surface area contributed by atoms with E-state index in [1.165, 1.54) is 0 Å². The summed E-state index contributed by atoms with van der Waals surface area (Å²) in [6.07, 6.45) is 3.65. The third-order valence-corrected chi connectivity index (χ3v) is 5.07. The van der Waals surface area contributed by atoms with E-state index < -0.39 is 0 Å². The van der Waals surface area contributed by atoms with Gasteiger partial charge in [0.1, 0.15) is 5.75 Å². The first-order valence-corrected chi connectivity index (χ1v) is 9.54. The number of methoxy groups -OCH3 is 1. The van der Waals surface area contributed by atoms with E-state index in [-0.39, 0.29) is 11.9 Å². The van der Waals surface area contributed by atoms with Crippen molar-refractivity contribution in [2.45, 2.75) is 19.9 Å². The van der Waals surface area contributed by atoms with Gasteiger partial charge in [-0.05, 0) is 48.4 Å². The molecular formula is C24H23N3O2. The highest BCUT2D eigenvalue weighted by molar-refractivity contribution is 5.96. The van der Waals surface area contributed by atoms with Gasteiger partial charge in [0.05, 0.1) is 30.9 Å². The van der Waals surface area contributed by atoms with Crippen LogP contribution in [0, 0.1) is 6.92 Å². The first-order chi connectivity index (χ1) is 14.1. The van der Waals surface area contributed by atoms with E-state index >= 15 is 0 Å². The lowest BCUT2D eigenvalue weighted by molar-refractivity contribution is 0.0940. The zero-order valence-corrected chi connectivity index (χ0v) is 16.7. The minimum atomic E-state index is -0.142. The molecule has 29 heavy (non-hydrogen) atoms. The number of nitrogens with one attached hydrogen (secondary N) is 1. The van der Waals surface area contributed by atoms with E-state index in [0.717, 1.165) is 27.7 Å². The van der Waals surface area contributed by atoms with Crippen LogP contribution in [0.25, 0.3) is 16.5 Å². The van der Waals surface area contributed by atoms with Gasteiger partial charge >= 0.3 is 0 Å². The number of fused-ring (bicyclic) bond motifs is 1. The average Bonchev–Trinajstić information content (AvgIpc) is 3.18. The molecule has 1 aromatic heterocycles. The lowest BCUT2D eigenvalue weighted by Gasteiger charge is -2.17. The molecule has 1 heterocycles. The lowest BCUT2D eigenvalue weighted by Crippen LogP contribution is -2.26. The van der Waals surface area contributed by atoms with Crippen LogP contribution in [0.4, 0.5) is 0 Å². The summed E-state index contributed by atoms with van der Waals surface area (Å²) in [4.78, 5) is 17.2. The fourth-order valence-electron chi connectivity index (χ4n) is 3.57. The Bertz CT molecular complexity index is 1170. The molecule has 0 saturated carbocycles. The van der Waals surface area contributed by atoms with Crippen LogP contribution in [-0.4, -0.2) is 22.6 Å². The summed E-state index contributed by atoms with van der Waals surface area (Å²) in [6.45, 7) is 3.93. The second-order valence-electron chi connectivity index (χ2n) is 7.07. The van der Waals surface area contributed by atoms with Gasteiger partial charge in [0.15, 0.2) is 0 Å². The molecule has 4 aromatic rings. The van der Waals surface area contributed by atoms with Crippen molar-refractivity contribution in [1.82, 2.24) is 14.9 Å². The van der Waals surface area contributed by atoms with Gasteiger partial charge in [-0.1, -0.05) is 42.5 Å². The molecule has 0 aliphatic carbocycles. The second-order valence-corrected chi connectivity index (χ2v) is 7.07. The molecule has 0 saturated heterocycles. The number of hydrogen-bond acceptors (Lipinski definition) is 3. The molecule has 0 aliphatic heterocycles. The van der Waals surface area contributed by atoms with Gasteiger partial charge in [-0.2, -0.15) is 0 Å². The fourth-order valence-corrected chi connectivity index (χ4v) is 3.57. The normalized spacial score (nSPS) is 12.0. The van der Waals surface area contributed by atoms with Crippen LogP contribution in [0.1, 0.15) is 34.6 Å². The average molecular weight is 385 g/mol. The molecule has 0 spiro atoms. The van der Waals surface area contributed by atoms with Crippen molar-refractivity contribution in [3.63, 3.8) is 0 Å². The summed E-state index contributed by atoms with van der Waals surface area (Å²) >= 11 is 0. The maximum absolute atomic E-state index is 12.9. The summed E-state index contributed by atoms with van der Waals surface area (Å²) in [7, 11) is 1.60. The molecule has 4 rings (SSSR count). The summed E-state index contributed by atoms with van der Waals surface area (Å²) in [5.74, 6) is 0.477. The van der Waals surface area contributed by atoms with Crippen LogP contribution in [0.15, 0.2) is 73.2 Å². The molecule has 1 N–H and O–H groups in total. The number of benzene rings is 3. The number of amides is 1. The quantitative estimate of drug-likeness (QED) is 0.535. The predicted octanol–water partition coefficient (Wildman–Crippen LogP) is 4.83. The molecule has 0 unspecified atom stereocenters. The highest BCUT2D eigenvalue weighted by Gasteiger charge is 2.16. The monoisotopic (exact) mass is 385 g/mol. The highest BCUT2D eigenvalue weighted by atomic mass is 16.5. The maximum Gasteiger partial charge on any atom is 0.251 e. The fraction of sp³-hybridized carbons (Fsp3) is 0.167. The van der Waals surface area contributed by atoms with Crippen LogP contribution in [0.3, 0.4) is 0 Å². The van der Waals surface area contributed by atoms with Crippen molar-refractivity contribution in [1.29, 1.82) is 0 Å². The van der Waals surface area contributed by atoms with Crippen molar-refractivity contribution < 1.29 is 9.53 Å². The minimum absolute atomic E-state index is 0.129. The summed E-state index contributed by atoms with van der Waals surface area (Å²) in [5.41, 5.74) is 3.40. The van der Waals surface area contributed by atoms with Crippen LogP contribution >= 0.6 is 0 Å². The molecule has 5 heteroatoms. The molecule has 3 aromatic carbocycles. The highest BCUT2D eigenvalue weighted by Crippen LogP contribution is 2.27. The standard InChI is InChI=1S/C24H23N3O2/c1-16-14-27(15-25-16)22-12-11-19(13-23(22)29-3)24(28)26-17(2)20-10-6-8-18-7-4-5-9-21(18)20/h4-15,17H,1-3H3,(H,26,28)/t17-/m0/s1. The number of hydrogen-bond donors (Lipinski definition) is 1. The van der Waals surface area contributed by atoms with E-state index in [2.05, 4.69) is 34.6 Å². The van der Waals surface area contributed by atoms with E-state index in [1.54, 1.807) is 25.6 Å². The number of nitrogens with zero attached hydrogens (tertiary/aromatic N) is 2. The van der Waals surface area contributed by atoms with Crippen molar-refractivity contribution in [2.75, 3.05) is 7.11 Å². The molecule has 1 amide bonds. The van der Waals surface area contributed by atoms with Gasteiger partial charge in [0.2, 0.25) is 0 Å². The van der Waals surface area contributed by atoms with Gasteiger partial charge in [-0.25, -0.2) is 4.98 Å². The molecule has 5 nitrogen and oxygen atoms in total. The van der Waals surface area contributed by atoms with Crippen molar-refractivity contribution >= 4 is 16.7 Å². The van der Waals surface area contributed by atoms with Gasteiger partial charge < -0.3 is 14.6 Å². The van der Waals surface area contributed by atoms with Gasteiger partial charge in [0.25, 0.3) is 5.91 Å². The Hall–Kier alpha value is -3.60. The molecule has 0 fully saturated rings. The number of rotatable bonds is 5. The Morgan fingerprint density at radius 1 is 1.10 bits per heavy atom. The van der Waals surface area contributed by atoms with E-state index in [9.17, 15) is 4.79 Å². The van der Waals surface area contributed by atoms with Gasteiger partial charge in [-0.3, -0.25) is 4.79 Å². The topological polar surface area (TPSA) is 56.1 Å². The third-order valence-electron chi connectivity index (χ3n) is 5.07. The zero-order chi connectivity index (χ0) is 20.4. The number of aromatic nitrogens is 2. The van der Waals surface area contributed by atoms with Crippen LogP contribution in [0.5, 0.6) is 5.75 Å². The molecule has 1 atom stereocenters. The summed E-state index contributed by atoms with van der Waals surface area (Å²) < 4.78 is 7.40. The molecule has 0 aliphatic rings. The van der Waals surface area contributed by atoms with Gasteiger partial charge in [-0.15, -0.1) is 0 Å². The Morgan fingerprint density at radius 2 is 1.90 bits per heavy atom.